The number of alkyl carbamates (subject to hydrolysis) is 1. The zero-order valence-corrected chi connectivity index (χ0v) is 33.7. The molecular formula is C47H50N8O4. The fraction of sp³-hybridized carbons (Fsp3) is 0.340. The van der Waals surface area contributed by atoms with Crippen molar-refractivity contribution in [2.75, 3.05) is 26.7 Å². The van der Waals surface area contributed by atoms with Crippen molar-refractivity contribution < 1.29 is 19.1 Å². The van der Waals surface area contributed by atoms with Crippen LogP contribution in [0.2, 0.25) is 0 Å². The molecule has 4 atom stereocenters. The minimum atomic E-state index is -0.679. The number of aromatic amines is 2. The molecule has 4 unspecified atom stereocenters. The Morgan fingerprint density at radius 3 is 2.03 bits per heavy atom. The lowest BCUT2D eigenvalue weighted by molar-refractivity contribution is -0.136. The van der Waals surface area contributed by atoms with Gasteiger partial charge in [-0.15, -0.1) is 0 Å². The SMILES string of the molecule is COC(=O)NC(C(=O)N1CCCC1c1ncc(-c2ccc3cc(-c4ccc(-c5cnc(C6CCCN6C(=O)C6NCCc7ccccc76)[nH]5)cc4)ccc3c2)[nH]1)C(C)C. The van der Waals surface area contributed by atoms with E-state index in [2.05, 4.69) is 93.4 Å². The second-order valence-corrected chi connectivity index (χ2v) is 16.3. The van der Waals surface area contributed by atoms with Crippen molar-refractivity contribution in [3.05, 3.63) is 120 Å². The number of carbonyl (C=O) groups excluding carboxylic acids is 3. The Kier molecular flexibility index (Phi) is 10.5. The number of nitrogens with zero attached hydrogens (tertiary/aromatic N) is 4. The molecule has 2 saturated heterocycles. The summed E-state index contributed by atoms with van der Waals surface area (Å²) >= 11 is 0. The summed E-state index contributed by atoms with van der Waals surface area (Å²) in [7, 11) is 1.30. The van der Waals surface area contributed by atoms with E-state index < -0.39 is 12.1 Å². The van der Waals surface area contributed by atoms with E-state index in [0.717, 1.165) is 107 Å². The summed E-state index contributed by atoms with van der Waals surface area (Å²) in [6, 6.07) is 28.4. The number of likely N-dealkylation sites (tertiary alicyclic amines) is 2. The molecule has 6 aromatic rings. The maximum Gasteiger partial charge on any atom is 0.407 e. The highest BCUT2D eigenvalue weighted by atomic mass is 16.5. The van der Waals surface area contributed by atoms with Gasteiger partial charge < -0.3 is 35.1 Å². The fourth-order valence-electron chi connectivity index (χ4n) is 9.14. The first kappa shape index (κ1) is 38.3. The summed E-state index contributed by atoms with van der Waals surface area (Å²) in [4.78, 5) is 59.9. The molecule has 2 fully saturated rings. The lowest BCUT2D eigenvalue weighted by atomic mass is 9.93. The van der Waals surface area contributed by atoms with E-state index in [1.807, 2.05) is 48.2 Å². The normalized spacial score (nSPS) is 19.6. The number of nitrogens with one attached hydrogen (secondary N) is 4. The third-order valence-corrected chi connectivity index (χ3v) is 12.3. The molecule has 3 aliphatic heterocycles. The molecule has 12 heteroatoms. The number of rotatable bonds is 9. The summed E-state index contributed by atoms with van der Waals surface area (Å²) < 4.78 is 4.78. The second-order valence-electron chi connectivity index (χ2n) is 16.3. The van der Waals surface area contributed by atoms with Crippen LogP contribution in [-0.4, -0.2) is 80.4 Å². The van der Waals surface area contributed by atoms with Crippen molar-refractivity contribution in [3.63, 3.8) is 0 Å². The van der Waals surface area contributed by atoms with Crippen LogP contribution >= 0.6 is 0 Å². The molecule has 2 aromatic heterocycles. The largest absolute Gasteiger partial charge is 0.453 e. The van der Waals surface area contributed by atoms with Gasteiger partial charge in [-0.2, -0.15) is 0 Å². The number of carbonyl (C=O) groups is 3. The first-order valence-electron chi connectivity index (χ1n) is 20.8. The van der Waals surface area contributed by atoms with Crippen LogP contribution < -0.4 is 10.6 Å². The van der Waals surface area contributed by atoms with Crippen molar-refractivity contribution >= 4 is 28.7 Å². The number of amides is 3. The van der Waals surface area contributed by atoms with Gasteiger partial charge in [-0.1, -0.05) is 86.6 Å². The first-order chi connectivity index (χ1) is 28.7. The molecular weight excluding hydrogens is 741 g/mol. The van der Waals surface area contributed by atoms with Crippen LogP contribution in [0.5, 0.6) is 0 Å². The lowest BCUT2D eigenvalue weighted by Gasteiger charge is -2.32. The Bertz CT molecular complexity index is 2510. The maximum atomic E-state index is 13.9. The second kappa shape index (κ2) is 16.2. The molecule has 302 valence electrons. The van der Waals surface area contributed by atoms with Crippen LogP contribution in [0.4, 0.5) is 4.79 Å². The quantitative estimate of drug-likeness (QED) is 0.117. The van der Waals surface area contributed by atoms with E-state index in [1.165, 1.54) is 12.7 Å². The van der Waals surface area contributed by atoms with Crippen LogP contribution in [0.3, 0.4) is 0 Å². The van der Waals surface area contributed by atoms with Crippen LogP contribution in [0.1, 0.15) is 80.4 Å². The molecule has 5 heterocycles. The zero-order valence-electron chi connectivity index (χ0n) is 33.7. The van der Waals surface area contributed by atoms with Gasteiger partial charge in [0, 0.05) is 25.2 Å². The molecule has 0 bridgehead atoms. The summed E-state index contributed by atoms with van der Waals surface area (Å²) in [5.41, 5.74) is 8.44. The number of ether oxygens (including phenoxy) is 1. The highest BCUT2D eigenvalue weighted by Crippen LogP contribution is 2.37. The van der Waals surface area contributed by atoms with Gasteiger partial charge in [0.25, 0.3) is 0 Å². The van der Waals surface area contributed by atoms with Gasteiger partial charge in [-0.3, -0.25) is 9.59 Å². The van der Waals surface area contributed by atoms with Gasteiger partial charge in [-0.05, 0) is 88.7 Å². The predicted molar refractivity (Wildman–Crippen MR) is 227 cm³/mol. The van der Waals surface area contributed by atoms with E-state index in [9.17, 15) is 14.4 Å². The minimum absolute atomic E-state index is 0.0750. The van der Waals surface area contributed by atoms with E-state index in [1.54, 1.807) is 0 Å². The Morgan fingerprint density at radius 2 is 1.34 bits per heavy atom. The topological polar surface area (TPSA) is 148 Å². The fourth-order valence-corrected chi connectivity index (χ4v) is 9.14. The molecule has 3 aliphatic rings. The van der Waals surface area contributed by atoms with Gasteiger partial charge in [0.2, 0.25) is 11.8 Å². The molecule has 4 N–H and O–H groups in total. The number of fused-ring (bicyclic) bond motifs is 2. The van der Waals surface area contributed by atoms with Gasteiger partial charge in [0.15, 0.2) is 0 Å². The molecule has 0 spiro atoms. The monoisotopic (exact) mass is 790 g/mol. The van der Waals surface area contributed by atoms with Crippen molar-refractivity contribution in [2.24, 2.45) is 5.92 Å². The van der Waals surface area contributed by atoms with E-state index in [0.29, 0.717) is 6.54 Å². The Hall–Kier alpha value is -6.27. The lowest BCUT2D eigenvalue weighted by Crippen LogP contribution is -2.51. The standard InChI is InChI=1S/C47H50N8O4/c1-28(2)41(53-47(58)59-3)45(56)54-22-6-10-39(54)44-50-27-38(52-44)35-19-18-33-24-32(16-17-34(33)25-35)29-12-14-31(15-13-29)37-26-49-43(51-37)40-11-7-23-55(40)46(57)42-36-9-5-4-8-30(36)20-21-48-42/h4-5,8-9,12-19,24-28,39-42,48H,6-7,10-11,20-23H2,1-3H3,(H,49,51)(H,50,52)(H,53,58). The summed E-state index contributed by atoms with van der Waals surface area (Å²) in [5, 5.41) is 8.42. The van der Waals surface area contributed by atoms with E-state index in [-0.39, 0.29) is 35.9 Å². The third kappa shape index (κ3) is 7.49. The maximum absolute atomic E-state index is 13.9. The number of methoxy groups -OCH3 is 1. The van der Waals surface area contributed by atoms with Gasteiger partial charge in [0.1, 0.15) is 23.7 Å². The van der Waals surface area contributed by atoms with Crippen LogP contribution in [0.25, 0.3) is 44.4 Å². The Labute approximate surface area is 343 Å². The number of aromatic nitrogens is 4. The summed E-state index contributed by atoms with van der Waals surface area (Å²) in [5.74, 6) is 1.47. The van der Waals surface area contributed by atoms with Crippen molar-refractivity contribution in [1.82, 2.24) is 40.4 Å². The van der Waals surface area contributed by atoms with Crippen LogP contribution in [0, 0.1) is 5.92 Å². The van der Waals surface area contributed by atoms with Crippen molar-refractivity contribution in [2.45, 2.75) is 70.1 Å². The van der Waals surface area contributed by atoms with Crippen molar-refractivity contribution in [1.29, 1.82) is 0 Å². The van der Waals surface area contributed by atoms with Gasteiger partial charge in [0.05, 0.1) is 43.0 Å². The molecule has 9 rings (SSSR count). The number of H-pyrrole nitrogens is 2. The zero-order chi connectivity index (χ0) is 40.6. The highest BCUT2D eigenvalue weighted by molar-refractivity contribution is 5.91. The molecule has 0 aliphatic carbocycles. The van der Waals surface area contributed by atoms with Gasteiger partial charge in [-0.25, -0.2) is 14.8 Å². The first-order valence-corrected chi connectivity index (χ1v) is 20.8. The molecule has 3 amide bonds. The number of hydrogen-bond donors (Lipinski definition) is 4. The molecule has 0 saturated carbocycles. The number of hydrogen-bond acceptors (Lipinski definition) is 7. The van der Waals surface area contributed by atoms with E-state index >= 15 is 0 Å². The highest BCUT2D eigenvalue weighted by Gasteiger charge is 2.39. The minimum Gasteiger partial charge on any atom is -0.453 e. The summed E-state index contributed by atoms with van der Waals surface area (Å²) in [6.07, 6.45) is 7.53. The number of benzene rings is 4. The average molecular weight is 791 g/mol. The summed E-state index contributed by atoms with van der Waals surface area (Å²) in [6.45, 7) is 5.96. The Balaban J connectivity index is 0.871. The predicted octanol–water partition coefficient (Wildman–Crippen LogP) is 7.88. The Morgan fingerprint density at radius 1 is 0.746 bits per heavy atom. The molecule has 12 nitrogen and oxygen atoms in total. The van der Waals surface area contributed by atoms with Gasteiger partial charge >= 0.3 is 6.09 Å². The smallest absolute Gasteiger partial charge is 0.407 e. The van der Waals surface area contributed by atoms with Crippen LogP contribution in [-0.2, 0) is 20.7 Å². The number of imidazole rings is 2. The molecule has 0 radical (unpaired) electrons. The third-order valence-electron chi connectivity index (χ3n) is 12.3. The van der Waals surface area contributed by atoms with E-state index in [4.69, 9.17) is 14.7 Å². The molecule has 59 heavy (non-hydrogen) atoms. The average Bonchev–Trinajstić information content (AvgIpc) is 4.12. The van der Waals surface area contributed by atoms with Crippen molar-refractivity contribution in [3.8, 4) is 33.6 Å². The molecule has 4 aromatic carbocycles. The van der Waals surface area contributed by atoms with Crippen LogP contribution in [0.15, 0.2) is 97.3 Å².